The Morgan fingerprint density at radius 3 is 1.58 bits per heavy atom. The molecule has 14 heteroatoms. The third-order valence-electron chi connectivity index (χ3n) is 4.56. The fourth-order valence-corrected chi connectivity index (χ4v) is 3.06. The molecule has 0 saturated heterocycles. The number of rotatable bonds is 20. The number of aliphatic hydroxyl groups excluding tert-OH is 1. The van der Waals surface area contributed by atoms with E-state index in [1.165, 1.54) is 70.6 Å². The average Bonchev–Trinajstić information content (AvgIpc) is 2.79. The summed E-state index contributed by atoms with van der Waals surface area (Å²) in [5.41, 5.74) is 9.88. The Morgan fingerprint density at radius 1 is 0.789 bits per heavy atom. The number of carboxylic acid groups (broad SMARTS) is 1. The zero-order valence-electron chi connectivity index (χ0n) is 21.7. The van der Waals surface area contributed by atoms with Gasteiger partial charge in [0.1, 0.15) is 0 Å². The van der Waals surface area contributed by atoms with E-state index in [1.807, 2.05) is 0 Å². The molecule has 7 N–H and O–H groups in total. The third-order valence-corrected chi connectivity index (χ3v) is 4.95. The van der Waals surface area contributed by atoms with Crippen molar-refractivity contribution in [3.05, 3.63) is 12.2 Å². The number of amides is 1. The minimum absolute atomic E-state index is 0. The molecule has 0 aliphatic carbocycles. The molecule has 0 atom stereocenters. The van der Waals surface area contributed by atoms with E-state index in [0.717, 1.165) is 12.8 Å². The van der Waals surface area contributed by atoms with E-state index in [0.29, 0.717) is 13.0 Å². The van der Waals surface area contributed by atoms with Gasteiger partial charge in [0, 0.05) is 13.0 Å². The van der Waals surface area contributed by atoms with E-state index in [-0.39, 0.29) is 71.6 Å². The summed E-state index contributed by atoms with van der Waals surface area (Å²) in [6.07, 6.45) is 20.8. The van der Waals surface area contributed by atoms with Crippen LogP contribution in [0.25, 0.3) is 0 Å². The number of primary amides is 1. The molecule has 0 aliphatic heterocycles. The van der Waals surface area contributed by atoms with Gasteiger partial charge in [-0.15, -0.1) is 0 Å². The van der Waals surface area contributed by atoms with Gasteiger partial charge in [0.15, 0.2) is 0 Å². The quantitative estimate of drug-likeness (QED) is 0.0607. The molecule has 38 heavy (non-hydrogen) atoms. The van der Waals surface area contributed by atoms with Gasteiger partial charge in [0.25, 0.3) is 0 Å². The molecule has 0 spiro atoms. The monoisotopic (exact) mass is 588 g/mol. The summed E-state index contributed by atoms with van der Waals surface area (Å²) in [6.45, 7) is 2.74. The molecule has 0 aliphatic rings. The van der Waals surface area contributed by atoms with Crippen LogP contribution >= 0.6 is 0 Å². The first-order valence-electron chi connectivity index (χ1n) is 12.7. The second kappa shape index (κ2) is 37.0. The fraction of sp³-hybridized carbons (Fsp3) is 0.792. The predicted molar refractivity (Wildman–Crippen MR) is 154 cm³/mol. The molecular formula is C24H50N2Na2O9S. The van der Waals surface area contributed by atoms with Crippen LogP contribution in [-0.4, -0.2) is 113 Å². The van der Waals surface area contributed by atoms with Crippen molar-refractivity contribution in [1.82, 2.24) is 0 Å². The molecule has 218 valence electrons. The van der Waals surface area contributed by atoms with Gasteiger partial charge in [-0.3, -0.25) is 18.9 Å². The van der Waals surface area contributed by atoms with Gasteiger partial charge in [0.2, 0.25) is 5.91 Å². The Morgan fingerprint density at radius 2 is 1.21 bits per heavy atom. The van der Waals surface area contributed by atoms with Gasteiger partial charge in [-0.2, -0.15) is 8.42 Å². The number of hydrogen-bond donors (Lipinski definition) is 5. The molecule has 0 aromatic heterocycles. The molecule has 0 aromatic carbocycles. The van der Waals surface area contributed by atoms with Crippen molar-refractivity contribution in [3.63, 3.8) is 0 Å². The van der Waals surface area contributed by atoms with Crippen molar-refractivity contribution in [3.8, 4) is 0 Å². The summed E-state index contributed by atoms with van der Waals surface area (Å²) in [5, 5.41) is 15.8. The molecule has 0 radical (unpaired) electrons. The van der Waals surface area contributed by atoms with Crippen molar-refractivity contribution < 1.29 is 41.8 Å². The number of nitrogens with two attached hydrogens (primary N) is 2. The molecule has 0 unspecified atom stereocenters. The van der Waals surface area contributed by atoms with Crippen LogP contribution in [0.15, 0.2) is 12.2 Å². The number of carboxylic acids is 1. The number of aliphatic carboxylic acids is 1. The molecule has 0 heterocycles. The SMILES string of the molecule is CCCCCCCC/C=C\CCCCCCCC(N)=O.NCCO.O=C(O)CCC(=O)OS(=O)(=O)O.[NaH].[NaH]. The predicted octanol–water partition coefficient (Wildman–Crippen LogP) is 2.35. The number of unbranched alkanes of at least 4 members (excludes halogenated alkanes) is 11. The number of carbonyl (C=O) groups excluding carboxylic acids is 2. The molecule has 0 fully saturated rings. The van der Waals surface area contributed by atoms with Crippen molar-refractivity contribution >= 4 is 87.4 Å². The Kier molecular flexibility index (Phi) is 46.5. The molecule has 0 saturated carbocycles. The van der Waals surface area contributed by atoms with Crippen molar-refractivity contribution in [2.75, 3.05) is 13.2 Å². The Hall–Kier alpha value is -0.0200. The maximum absolute atomic E-state index is 10.5. The van der Waals surface area contributed by atoms with Crippen LogP contribution in [0.3, 0.4) is 0 Å². The Labute approximate surface area is 273 Å². The van der Waals surface area contributed by atoms with Gasteiger partial charge in [-0.05, 0) is 32.1 Å². The number of carbonyl (C=O) groups is 3. The number of hydrogen-bond acceptors (Lipinski definition) is 8. The van der Waals surface area contributed by atoms with Crippen LogP contribution < -0.4 is 11.5 Å². The first-order valence-corrected chi connectivity index (χ1v) is 14.0. The van der Waals surface area contributed by atoms with E-state index in [2.05, 4.69) is 23.3 Å². The zero-order valence-corrected chi connectivity index (χ0v) is 22.6. The average molecular weight is 589 g/mol. The summed E-state index contributed by atoms with van der Waals surface area (Å²) in [7, 11) is -4.81. The molecular weight excluding hydrogens is 538 g/mol. The maximum atomic E-state index is 10.5. The first-order chi connectivity index (χ1) is 17.0. The second-order valence-corrected chi connectivity index (χ2v) is 9.11. The summed E-state index contributed by atoms with van der Waals surface area (Å²) < 4.78 is 31.1. The molecule has 11 nitrogen and oxygen atoms in total. The Bertz CT molecular complexity index is 678. The van der Waals surface area contributed by atoms with Crippen molar-refractivity contribution in [2.45, 2.75) is 110 Å². The van der Waals surface area contributed by atoms with E-state index in [9.17, 15) is 22.8 Å². The summed E-state index contributed by atoms with van der Waals surface area (Å²) in [6, 6.07) is 0. The minimum atomic E-state index is -4.81. The molecule has 0 aromatic rings. The zero-order chi connectivity index (χ0) is 28.1. The van der Waals surface area contributed by atoms with Crippen LogP contribution in [0.5, 0.6) is 0 Å². The van der Waals surface area contributed by atoms with Crippen LogP contribution in [0.1, 0.15) is 110 Å². The van der Waals surface area contributed by atoms with Crippen LogP contribution in [0.4, 0.5) is 0 Å². The first kappa shape index (κ1) is 47.8. The summed E-state index contributed by atoms with van der Waals surface area (Å²) >= 11 is 0. The summed E-state index contributed by atoms with van der Waals surface area (Å²) in [4.78, 5) is 30.7. The van der Waals surface area contributed by atoms with Crippen LogP contribution in [0, 0.1) is 0 Å². The van der Waals surface area contributed by atoms with Gasteiger partial charge in [-0.1, -0.05) is 70.4 Å². The fourth-order valence-electron chi connectivity index (χ4n) is 2.74. The van der Waals surface area contributed by atoms with E-state index in [4.69, 9.17) is 26.2 Å². The summed E-state index contributed by atoms with van der Waals surface area (Å²) in [5.74, 6) is -2.73. The number of aliphatic hydroxyl groups is 1. The van der Waals surface area contributed by atoms with Crippen LogP contribution in [-0.2, 0) is 29.0 Å². The molecule has 1 amide bonds. The topological polar surface area (TPSA) is 207 Å². The van der Waals surface area contributed by atoms with E-state index < -0.39 is 35.2 Å². The van der Waals surface area contributed by atoms with Crippen molar-refractivity contribution in [1.29, 1.82) is 0 Å². The van der Waals surface area contributed by atoms with Gasteiger partial charge < -0.3 is 25.9 Å². The molecule has 0 rings (SSSR count). The van der Waals surface area contributed by atoms with Gasteiger partial charge in [-0.25, -0.2) is 0 Å². The third kappa shape index (κ3) is 56.2. The van der Waals surface area contributed by atoms with E-state index >= 15 is 0 Å². The van der Waals surface area contributed by atoms with Gasteiger partial charge >= 0.3 is 81.5 Å². The van der Waals surface area contributed by atoms with E-state index in [1.54, 1.807) is 0 Å². The number of allylic oxidation sites excluding steroid dienone is 2. The van der Waals surface area contributed by atoms with Crippen LogP contribution in [0.2, 0.25) is 0 Å². The van der Waals surface area contributed by atoms with Gasteiger partial charge in [0.05, 0.1) is 19.4 Å². The van der Waals surface area contributed by atoms with Crippen molar-refractivity contribution in [2.24, 2.45) is 11.5 Å². The second-order valence-electron chi connectivity index (χ2n) is 8.09. The Balaban J connectivity index is -0.000000172. The normalized spacial score (nSPS) is 10.1. The standard InChI is InChI=1S/C18H35NO.C4H6O7S.C2H7NO.2Na.2H/c1-2-3-4-5-6-7-8-9-10-11-12-13-14-15-16-17-18(19)20;5-3(6)1-2-4(7)11-12(8,9)10;3-1-2-4;;;;/h9-10H,2-8,11-17H2,1H3,(H2,19,20);1-2H2,(H,5,6)(H,8,9,10);4H,1-3H2;;;;/b10-9-;;;;;;. The molecule has 0 bridgehead atoms.